The quantitative estimate of drug-likeness (QED) is 0.803. The Morgan fingerprint density at radius 3 is 2.37 bits per heavy atom. The predicted molar refractivity (Wildman–Crippen MR) is 102 cm³/mol. The molecule has 1 aromatic rings. The molecule has 0 unspecified atom stereocenters. The van der Waals surface area contributed by atoms with E-state index in [0.29, 0.717) is 17.5 Å². The monoisotopic (exact) mass is 373 g/mol. The van der Waals surface area contributed by atoms with Crippen LogP contribution in [0.3, 0.4) is 0 Å². The molecule has 148 valence electrons. The van der Waals surface area contributed by atoms with Crippen LogP contribution in [-0.2, 0) is 11.8 Å². The maximum absolute atomic E-state index is 12.8. The summed E-state index contributed by atoms with van der Waals surface area (Å²) in [4.78, 5) is 31.9. The number of aromatic nitrogens is 2. The molecule has 2 amide bonds. The first-order valence-electron chi connectivity index (χ1n) is 10.4. The lowest BCUT2D eigenvalue weighted by molar-refractivity contribution is -0.136. The van der Waals surface area contributed by atoms with Crippen LogP contribution in [-0.4, -0.2) is 81.6 Å². The van der Waals surface area contributed by atoms with E-state index in [-0.39, 0.29) is 11.8 Å². The van der Waals surface area contributed by atoms with Gasteiger partial charge in [-0.15, -0.1) is 0 Å². The summed E-state index contributed by atoms with van der Waals surface area (Å²) in [5.41, 5.74) is 0.671. The van der Waals surface area contributed by atoms with Crippen molar-refractivity contribution in [1.29, 1.82) is 0 Å². The van der Waals surface area contributed by atoms with Crippen LogP contribution in [0, 0.1) is 5.92 Å². The highest BCUT2D eigenvalue weighted by molar-refractivity contribution is 5.93. The summed E-state index contributed by atoms with van der Waals surface area (Å²) in [6, 6.07) is 0.497. The Balaban J connectivity index is 1.30. The Morgan fingerprint density at radius 1 is 0.963 bits per heavy atom. The first kappa shape index (κ1) is 18.5. The lowest BCUT2D eigenvalue weighted by Gasteiger charge is -2.42. The smallest absolute Gasteiger partial charge is 0.257 e. The minimum absolute atomic E-state index is 0.0854. The van der Waals surface area contributed by atoms with Crippen molar-refractivity contribution >= 4 is 11.8 Å². The lowest BCUT2D eigenvalue weighted by atomic mass is 9.93. The standard InChI is InChI=1S/C20H31N5O2/c1-22-14-17(13-21-22)20(27)24-11-6-18(7-12-24)25-10-4-5-16(15-25)19(26)23-8-2-3-9-23/h13-14,16,18H,2-12,15H2,1H3/t16-/m1/s1. The molecule has 3 aliphatic rings. The van der Waals surface area contributed by atoms with Crippen molar-refractivity contribution in [3.8, 4) is 0 Å². The molecule has 0 aliphatic carbocycles. The summed E-state index contributed by atoms with van der Waals surface area (Å²) < 4.78 is 1.67. The van der Waals surface area contributed by atoms with E-state index < -0.39 is 0 Å². The zero-order chi connectivity index (χ0) is 18.8. The Morgan fingerprint density at radius 2 is 1.70 bits per heavy atom. The number of hydrogen-bond acceptors (Lipinski definition) is 4. The van der Waals surface area contributed by atoms with Crippen molar-refractivity contribution < 1.29 is 9.59 Å². The number of nitrogens with zero attached hydrogens (tertiary/aromatic N) is 5. The Bertz CT molecular complexity index is 674. The fraction of sp³-hybridized carbons (Fsp3) is 0.750. The Hall–Kier alpha value is -1.89. The second-order valence-electron chi connectivity index (χ2n) is 8.29. The van der Waals surface area contributed by atoms with Crippen molar-refractivity contribution in [1.82, 2.24) is 24.5 Å². The van der Waals surface area contributed by atoms with Crippen LogP contribution in [0.5, 0.6) is 0 Å². The van der Waals surface area contributed by atoms with E-state index in [9.17, 15) is 9.59 Å². The molecular formula is C20H31N5O2. The van der Waals surface area contributed by atoms with Gasteiger partial charge in [0, 0.05) is 52.0 Å². The molecule has 0 radical (unpaired) electrons. The molecule has 1 aromatic heterocycles. The largest absolute Gasteiger partial charge is 0.342 e. The average Bonchev–Trinajstić information content (AvgIpc) is 3.39. The Labute approximate surface area is 161 Å². The molecule has 0 N–H and O–H groups in total. The molecule has 3 saturated heterocycles. The third kappa shape index (κ3) is 4.03. The van der Waals surface area contributed by atoms with Gasteiger partial charge in [0.05, 0.1) is 17.7 Å². The number of hydrogen-bond donors (Lipinski definition) is 0. The topological polar surface area (TPSA) is 61.7 Å². The van der Waals surface area contributed by atoms with E-state index in [1.165, 1.54) is 0 Å². The van der Waals surface area contributed by atoms with Gasteiger partial charge in [-0.3, -0.25) is 19.2 Å². The van der Waals surface area contributed by atoms with Gasteiger partial charge in [-0.05, 0) is 45.1 Å². The number of amides is 2. The number of rotatable bonds is 3. The van der Waals surface area contributed by atoms with Crippen molar-refractivity contribution in [2.45, 2.75) is 44.6 Å². The summed E-state index contributed by atoms with van der Waals surface area (Å²) in [6.45, 7) is 5.47. The minimum Gasteiger partial charge on any atom is -0.342 e. The number of piperidine rings is 2. The van der Waals surface area contributed by atoms with Crippen molar-refractivity contribution in [3.05, 3.63) is 18.0 Å². The number of carbonyl (C=O) groups excluding carboxylic acids is 2. The maximum Gasteiger partial charge on any atom is 0.257 e. The number of aryl methyl sites for hydroxylation is 1. The Kier molecular flexibility index (Phi) is 5.48. The highest BCUT2D eigenvalue weighted by Gasteiger charge is 2.34. The first-order chi connectivity index (χ1) is 13.1. The van der Waals surface area contributed by atoms with Gasteiger partial charge >= 0.3 is 0 Å². The highest BCUT2D eigenvalue weighted by Crippen LogP contribution is 2.26. The first-order valence-corrected chi connectivity index (χ1v) is 10.4. The second-order valence-corrected chi connectivity index (χ2v) is 8.29. The minimum atomic E-state index is 0.0854. The molecule has 7 heteroatoms. The molecule has 0 bridgehead atoms. The van der Waals surface area contributed by atoms with Gasteiger partial charge < -0.3 is 9.80 Å². The van der Waals surface area contributed by atoms with Gasteiger partial charge in [-0.2, -0.15) is 5.10 Å². The van der Waals surface area contributed by atoms with Crippen LogP contribution in [0.4, 0.5) is 0 Å². The SMILES string of the molecule is Cn1cc(C(=O)N2CCC(N3CCC[C@@H](C(=O)N4CCCC4)C3)CC2)cn1. The maximum atomic E-state index is 12.8. The van der Waals surface area contributed by atoms with Crippen LogP contribution in [0.15, 0.2) is 12.4 Å². The molecule has 1 atom stereocenters. The van der Waals surface area contributed by atoms with Gasteiger partial charge in [0.1, 0.15) is 0 Å². The molecule has 4 rings (SSSR count). The molecule has 3 aliphatic heterocycles. The van der Waals surface area contributed by atoms with E-state index in [2.05, 4.69) is 14.9 Å². The van der Waals surface area contributed by atoms with Crippen LogP contribution in [0.2, 0.25) is 0 Å². The fourth-order valence-electron chi connectivity index (χ4n) is 4.88. The third-order valence-electron chi connectivity index (χ3n) is 6.44. The summed E-state index contributed by atoms with van der Waals surface area (Å²) in [5, 5.41) is 4.10. The van der Waals surface area contributed by atoms with Gasteiger partial charge in [-0.1, -0.05) is 0 Å². The van der Waals surface area contributed by atoms with Crippen LogP contribution < -0.4 is 0 Å². The molecule has 0 spiro atoms. The van der Waals surface area contributed by atoms with Gasteiger partial charge in [0.25, 0.3) is 5.91 Å². The molecular weight excluding hydrogens is 342 g/mol. The van der Waals surface area contributed by atoms with Crippen molar-refractivity contribution in [2.24, 2.45) is 13.0 Å². The molecule has 3 fully saturated rings. The fourth-order valence-corrected chi connectivity index (χ4v) is 4.88. The molecule has 0 saturated carbocycles. The molecule has 0 aromatic carbocycles. The van der Waals surface area contributed by atoms with Crippen molar-refractivity contribution in [2.75, 3.05) is 39.3 Å². The van der Waals surface area contributed by atoms with E-state index in [0.717, 1.165) is 77.8 Å². The normalized spacial score (nSPS) is 25.1. The second kappa shape index (κ2) is 8.00. The van der Waals surface area contributed by atoms with Gasteiger partial charge in [0.2, 0.25) is 5.91 Å². The molecule has 7 nitrogen and oxygen atoms in total. The zero-order valence-electron chi connectivity index (χ0n) is 16.3. The zero-order valence-corrected chi connectivity index (χ0v) is 16.3. The van der Waals surface area contributed by atoms with Crippen LogP contribution in [0.1, 0.15) is 48.9 Å². The van der Waals surface area contributed by atoms with Gasteiger partial charge in [0.15, 0.2) is 0 Å². The summed E-state index contributed by atoms with van der Waals surface area (Å²) in [7, 11) is 1.83. The molecule has 4 heterocycles. The number of likely N-dealkylation sites (tertiary alicyclic amines) is 3. The lowest BCUT2D eigenvalue weighted by Crippen LogP contribution is -2.51. The summed E-state index contributed by atoms with van der Waals surface area (Å²) in [5.74, 6) is 0.635. The highest BCUT2D eigenvalue weighted by atomic mass is 16.2. The number of carbonyl (C=O) groups is 2. The predicted octanol–water partition coefficient (Wildman–Crippen LogP) is 1.36. The van der Waals surface area contributed by atoms with E-state index in [1.807, 2.05) is 11.9 Å². The third-order valence-corrected chi connectivity index (χ3v) is 6.44. The summed E-state index contributed by atoms with van der Waals surface area (Å²) >= 11 is 0. The van der Waals surface area contributed by atoms with E-state index >= 15 is 0 Å². The van der Waals surface area contributed by atoms with Crippen molar-refractivity contribution in [3.63, 3.8) is 0 Å². The van der Waals surface area contributed by atoms with E-state index in [1.54, 1.807) is 17.1 Å². The van der Waals surface area contributed by atoms with Gasteiger partial charge in [-0.25, -0.2) is 0 Å². The van der Waals surface area contributed by atoms with Crippen LogP contribution in [0.25, 0.3) is 0 Å². The summed E-state index contributed by atoms with van der Waals surface area (Å²) in [6.07, 6.45) is 9.88. The van der Waals surface area contributed by atoms with Crippen LogP contribution >= 0.6 is 0 Å². The molecule has 27 heavy (non-hydrogen) atoms. The van der Waals surface area contributed by atoms with E-state index in [4.69, 9.17) is 0 Å². The average molecular weight is 374 g/mol.